The number of sulfonamides is 1. The van der Waals surface area contributed by atoms with Crippen molar-refractivity contribution in [1.29, 1.82) is 0 Å². The molecule has 2 aromatic carbocycles. The predicted molar refractivity (Wildman–Crippen MR) is 88.3 cm³/mol. The molecule has 0 radical (unpaired) electrons. The third-order valence-corrected chi connectivity index (χ3v) is 4.80. The Morgan fingerprint density at radius 1 is 1.17 bits per heavy atom. The van der Waals surface area contributed by atoms with E-state index in [4.69, 9.17) is 16.3 Å². The van der Waals surface area contributed by atoms with Gasteiger partial charge in [0.15, 0.2) is 12.4 Å². The number of ether oxygens (including phenoxy) is 1. The number of anilines is 2. The Labute approximate surface area is 138 Å². The van der Waals surface area contributed by atoms with Crippen molar-refractivity contribution < 1.29 is 17.9 Å². The molecule has 0 aliphatic carbocycles. The summed E-state index contributed by atoms with van der Waals surface area (Å²) in [5, 5.41) is 3.01. The van der Waals surface area contributed by atoms with Crippen molar-refractivity contribution in [3.05, 3.63) is 53.1 Å². The number of halogens is 1. The van der Waals surface area contributed by atoms with Crippen LogP contribution in [-0.4, -0.2) is 20.9 Å². The first-order chi connectivity index (χ1) is 10.9. The van der Waals surface area contributed by atoms with Gasteiger partial charge in [-0.25, -0.2) is 8.42 Å². The third-order valence-electron chi connectivity index (χ3n) is 3.21. The van der Waals surface area contributed by atoms with Crippen molar-refractivity contribution in [2.45, 2.75) is 5.75 Å². The molecule has 0 bridgehead atoms. The van der Waals surface area contributed by atoms with Crippen molar-refractivity contribution in [2.75, 3.05) is 16.6 Å². The number of fused-ring (bicyclic) bond motifs is 1. The molecule has 0 aromatic heterocycles. The summed E-state index contributed by atoms with van der Waals surface area (Å²) in [7, 11) is -3.68. The second-order valence-corrected chi connectivity index (χ2v) is 7.10. The molecule has 120 valence electrons. The summed E-state index contributed by atoms with van der Waals surface area (Å²) in [6.07, 6.45) is 0. The first-order valence-corrected chi connectivity index (χ1v) is 8.77. The number of carbonyl (C=O) groups is 1. The Hall–Kier alpha value is -2.25. The largest absolute Gasteiger partial charge is 0.479 e. The molecule has 0 saturated heterocycles. The summed E-state index contributed by atoms with van der Waals surface area (Å²) in [5.74, 6) is -0.244. The van der Waals surface area contributed by atoms with Crippen LogP contribution in [0.3, 0.4) is 0 Å². The topological polar surface area (TPSA) is 84.5 Å². The van der Waals surface area contributed by atoms with Crippen LogP contribution in [0, 0.1) is 0 Å². The van der Waals surface area contributed by atoms with E-state index in [0.29, 0.717) is 22.0 Å². The van der Waals surface area contributed by atoms with Gasteiger partial charge in [0.25, 0.3) is 5.91 Å². The molecule has 8 heteroatoms. The molecule has 1 heterocycles. The van der Waals surface area contributed by atoms with E-state index in [-0.39, 0.29) is 24.0 Å². The fourth-order valence-electron chi connectivity index (χ4n) is 2.22. The predicted octanol–water partition coefficient (Wildman–Crippen LogP) is 2.61. The van der Waals surface area contributed by atoms with E-state index >= 15 is 0 Å². The lowest BCUT2D eigenvalue weighted by Gasteiger charge is -2.21. The number of amides is 1. The molecule has 0 saturated carbocycles. The molecule has 6 nitrogen and oxygen atoms in total. The van der Waals surface area contributed by atoms with Crippen LogP contribution in [-0.2, 0) is 20.6 Å². The number of hydrogen-bond acceptors (Lipinski definition) is 4. The van der Waals surface area contributed by atoms with Crippen LogP contribution < -0.4 is 14.8 Å². The first kappa shape index (κ1) is 15.6. The summed E-state index contributed by atoms with van der Waals surface area (Å²) < 4.78 is 32.5. The second kappa shape index (κ2) is 6.10. The number of carbonyl (C=O) groups excluding carboxylic acids is 1. The summed E-state index contributed by atoms with van der Waals surface area (Å²) in [4.78, 5) is 11.3. The standard InChI is InChI=1S/C15H13ClN2O4S/c16-11-5-2-1-4-10(11)9-23(20,21)18-13-7-3-6-12-15(13)22-8-14(19)17-12/h1-7,18H,8-9H2,(H,17,19). The fraction of sp³-hybridized carbons (Fsp3) is 0.133. The highest BCUT2D eigenvalue weighted by molar-refractivity contribution is 7.91. The van der Waals surface area contributed by atoms with Crippen LogP contribution in [0.1, 0.15) is 5.56 Å². The molecule has 1 aliphatic heterocycles. The Morgan fingerprint density at radius 3 is 2.74 bits per heavy atom. The van der Waals surface area contributed by atoms with Crippen LogP contribution >= 0.6 is 11.6 Å². The summed E-state index contributed by atoms with van der Waals surface area (Å²) in [6.45, 7) is -0.156. The number of benzene rings is 2. The first-order valence-electron chi connectivity index (χ1n) is 6.74. The zero-order valence-corrected chi connectivity index (χ0v) is 13.4. The summed E-state index contributed by atoms with van der Waals surface area (Å²) >= 11 is 6.00. The SMILES string of the molecule is O=C1COc2c(cccc2NS(=O)(=O)Cc2ccccc2Cl)N1. The molecular formula is C15H13ClN2O4S. The van der Waals surface area contributed by atoms with E-state index in [2.05, 4.69) is 10.0 Å². The highest BCUT2D eigenvalue weighted by atomic mass is 35.5. The molecule has 3 rings (SSSR count). The van der Waals surface area contributed by atoms with Crippen LogP contribution in [0.2, 0.25) is 5.02 Å². The van der Waals surface area contributed by atoms with Crippen molar-refractivity contribution in [3.8, 4) is 5.75 Å². The van der Waals surface area contributed by atoms with E-state index in [1.54, 1.807) is 42.5 Å². The van der Waals surface area contributed by atoms with E-state index in [0.717, 1.165) is 0 Å². The fourth-order valence-corrected chi connectivity index (χ4v) is 3.73. The number of rotatable bonds is 4. The molecule has 1 amide bonds. The molecular weight excluding hydrogens is 340 g/mol. The van der Waals surface area contributed by atoms with Gasteiger partial charge in [-0.05, 0) is 23.8 Å². The highest BCUT2D eigenvalue weighted by Gasteiger charge is 2.22. The molecule has 2 N–H and O–H groups in total. The summed E-state index contributed by atoms with van der Waals surface area (Å²) in [6, 6.07) is 11.6. The Kier molecular flexibility index (Phi) is 4.14. The quantitative estimate of drug-likeness (QED) is 0.885. The molecule has 0 fully saturated rings. The van der Waals surface area contributed by atoms with Gasteiger partial charge in [0.2, 0.25) is 10.0 Å². The van der Waals surface area contributed by atoms with Gasteiger partial charge in [-0.2, -0.15) is 0 Å². The van der Waals surface area contributed by atoms with Gasteiger partial charge in [-0.1, -0.05) is 35.9 Å². The van der Waals surface area contributed by atoms with Gasteiger partial charge in [-0.3, -0.25) is 9.52 Å². The average Bonchev–Trinajstić information content (AvgIpc) is 2.49. The minimum atomic E-state index is -3.68. The van der Waals surface area contributed by atoms with E-state index in [1.807, 2.05) is 0 Å². The molecule has 23 heavy (non-hydrogen) atoms. The lowest BCUT2D eigenvalue weighted by atomic mass is 10.2. The Morgan fingerprint density at radius 2 is 1.96 bits per heavy atom. The lowest BCUT2D eigenvalue weighted by molar-refractivity contribution is -0.118. The lowest BCUT2D eigenvalue weighted by Crippen LogP contribution is -2.26. The number of nitrogens with one attached hydrogen (secondary N) is 2. The van der Waals surface area contributed by atoms with Crippen molar-refractivity contribution in [1.82, 2.24) is 0 Å². The maximum Gasteiger partial charge on any atom is 0.262 e. The van der Waals surface area contributed by atoms with Crippen LogP contribution in [0.25, 0.3) is 0 Å². The van der Waals surface area contributed by atoms with E-state index in [1.165, 1.54) is 0 Å². The number of hydrogen-bond donors (Lipinski definition) is 2. The zero-order chi connectivity index (χ0) is 16.4. The second-order valence-electron chi connectivity index (χ2n) is 4.97. The minimum absolute atomic E-state index is 0.156. The molecule has 2 aromatic rings. The smallest absolute Gasteiger partial charge is 0.262 e. The molecule has 0 unspecified atom stereocenters. The minimum Gasteiger partial charge on any atom is -0.479 e. The van der Waals surface area contributed by atoms with Gasteiger partial charge in [0, 0.05) is 5.02 Å². The van der Waals surface area contributed by atoms with Crippen LogP contribution in [0.5, 0.6) is 5.75 Å². The monoisotopic (exact) mass is 352 g/mol. The van der Waals surface area contributed by atoms with Crippen molar-refractivity contribution >= 4 is 38.9 Å². The highest BCUT2D eigenvalue weighted by Crippen LogP contribution is 2.36. The van der Waals surface area contributed by atoms with E-state index in [9.17, 15) is 13.2 Å². The summed E-state index contributed by atoms with van der Waals surface area (Å²) in [5.41, 5.74) is 1.20. The average molecular weight is 353 g/mol. The van der Waals surface area contributed by atoms with Gasteiger partial charge in [0.1, 0.15) is 0 Å². The van der Waals surface area contributed by atoms with Crippen LogP contribution in [0.4, 0.5) is 11.4 Å². The Balaban J connectivity index is 1.86. The normalized spacial score (nSPS) is 13.7. The molecule has 0 spiro atoms. The van der Waals surface area contributed by atoms with E-state index < -0.39 is 10.0 Å². The van der Waals surface area contributed by atoms with Crippen molar-refractivity contribution in [3.63, 3.8) is 0 Å². The van der Waals surface area contributed by atoms with Crippen molar-refractivity contribution in [2.24, 2.45) is 0 Å². The maximum atomic E-state index is 12.4. The molecule has 0 atom stereocenters. The van der Waals surface area contributed by atoms with Gasteiger partial charge in [-0.15, -0.1) is 0 Å². The third kappa shape index (κ3) is 3.57. The van der Waals surface area contributed by atoms with Crippen LogP contribution in [0.15, 0.2) is 42.5 Å². The number of para-hydroxylation sites is 1. The maximum absolute atomic E-state index is 12.4. The van der Waals surface area contributed by atoms with Gasteiger partial charge < -0.3 is 10.1 Å². The van der Waals surface area contributed by atoms with Gasteiger partial charge >= 0.3 is 0 Å². The van der Waals surface area contributed by atoms with Gasteiger partial charge in [0.05, 0.1) is 17.1 Å². The molecule has 1 aliphatic rings. The zero-order valence-electron chi connectivity index (χ0n) is 11.9. The Bertz CT molecular complexity index is 868.